The van der Waals surface area contributed by atoms with E-state index in [1.807, 2.05) is 36.6 Å². The van der Waals surface area contributed by atoms with Crippen molar-refractivity contribution < 1.29 is 19.0 Å². The smallest absolute Gasteiger partial charge is 0.330 e. The van der Waals surface area contributed by atoms with Gasteiger partial charge >= 0.3 is 5.97 Å². The van der Waals surface area contributed by atoms with Gasteiger partial charge in [-0.1, -0.05) is 30.8 Å². The van der Waals surface area contributed by atoms with E-state index in [0.717, 1.165) is 33.2 Å². The van der Waals surface area contributed by atoms with Crippen molar-refractivity contribution >= 4 is 40.1 Å². The Balaban J connectivity index is 2.27. The number of benzene rings is 2. The summed E-state index contributed by atoms with van der Waals surface area (Å²) in [5.41, 5.74) is 0. The van der Waals surface area contributed by atoms with Gasteiger partial charge in [0.25, 0.3) is 0 Å². The lowest BCUT2D eigenvalue weighted by atomic mass is 10.1. The molecule has 0 saturated carbocycles. The molecule has 0 spiro atoms. The van der Waals surface area contributed by atoms with Crippen molar-refractivity contribution in [1.82, 2.24) is 0 Å². The molecule has 0 amide bonds. The van der Waals surface area contributed by atoms with E-state index in [-0.39, 0.29) is 13.2 Å². The summed E-state index contributed by atoms with van der Waals surface area (Å²) < 4.78 is 16.6. The molecular weight excluding hydrogens is 348 g/mol. The number of fused-ring (bicyclic) bond motifs is 1. The lowest BCUT2D eigenvalue weighted by Gasteiger charge is -2.16. The first-order valence-electron chi connectivity index (χ1n) is 7.41. The zero-order valence-electron chi connectivity index (χ0n) is 13.4. The van der Waals surface area contributed by atoms with Crippen molar-refractivity contribution in [2.45, 2.75) is 4.90 Å². The van der Waals surface area contributed by atoms with Crippen LogP contribution in [0.15, 0.2) is 47.9 Å². The highest BCUT2D eigenvalue weighted by Crippen LogP contribution is 2.41. The fourth-order valence-electron chi connectivity index (χ4n) is 2.20. The van der Waals surface area contributed by atoms with Gasteiger partial charge in [0.2, 0.25) is 0 Å². The number of rotatable bonds is 9. The summed E-state index contributed by atoms with van der Waals surface area (Å²) in [6, 6.07) is 9.80. The van der Waals surface area contributed by atoms with E-state index in [9.17, 15) is 4.79 Å². The number of halogens is 1. The Morgan fingerprint density at radius 1 is 1.21 bits per heavy atom. The molecular formula is C18H19ClO4S. The quantitative estimate of drug-likeness (QED) is 0.218. The van der Waals surface area contributed by atoms with Crippen molar-refractivity contribution in [3.63, 3.8) is 0 Å². The first-order valence-corrected chi connectivity index (χ1v) is 9.17. The third-order valence-corrected chi connectivity index (χ3v) is 4.12. The molecule has 6 heteroatoms. The summed E-state index contributed by atoms with van der Waals surface area (Å²) in [6.07, 6.45) is 3.10. The van der Waals surface area contributed by atoms with E-state index in [1.165, 1.54) is 0 Å². The first-order chi connectivity index (χ1) is 11.7. The molecule has 24 heavy (non-hydrogen) atoms. The van der Waals surface area contributed by atoms with E-state index < -0.39 is 5.97 Å². The lowest BCUT2D eigenvalue weighted by molar-refractivity contribution is -0.138. The minimum Gasteiger partial charge on any atom is -0.492 e. The van der Waals surface area contributed by atoms with Crippen molar-refractivity contribution in [3.05, 3.63) is 43.0 Å². The zero-order valence-corrected chi connectivity index (χ0v) is 15.0. The molecule has 0 unspecified atom stereocenters. The van der Waals surface area contributed by atoms with Gasteiger partial charge in [0.1, 0.15) is 31.3 Å². The number of hydrogen-bond donors (Lipinski definition) is 0. The van der Waals surface area contributed by atoms with Crippen LogP contribution >= 0.6 is 23.4 Å². The van der Waals surface area contributed by atoms with Crippen LogP contribution in [0.25, 0.3) is 10.8 Å². The third-order valence-electron chi connectivity index (χ3n) is 3.22. The number of carbonyl (C=O) groups is 1. The van der Waals surface area contributed by atoms with Gasteiger partial charge in [-0.05, 0) is 12.3 Å². The molecule has 2 aromatic carbocycles. The fraction of sp³-hybridized carbons (Fsp3) is 0.278. The Kier molecular flexibility index (Phi) is 7.28. The Morgan fingerprint density at radius 3 is 2.62 bits per heavy atom. The van der Waals surface area contributed by atoms with Crippen LogP contribution in [0.4, 0.5) is 0 Å². The van der Waals surface area contributed by atoms with Crippen molar-refractivity contribution in [2.75, 3.05) is 32.0 Å². The number of hydrogen-bond acceptors (Lipinski definition) is 5. The van der Waals surface area contributed by atoms with Gasteiger partial charge in [-0.25, -0.2) is 4.79 Å². The van der Waals surface area contributed by atoms with E-state index in [2.05, 4.69) is 6.58 Å². The molecule has 0 aliphatic heterocycles. The van der Waals surface area contributed by atoms with Crippen molar-refractivity contribution in [2.24, 2.45) is 0 Å². The Morgan fingerprint density at radius 2 is 1.96 bits per heavy atom. The van der Waals surface area contributed by atoms with E-state index in [1.54, 1.807) is 11.8 Å². The summed E-state index contributed by atoms with van der Waals surface area (Å²) in [5.74, 6) is 1.50. The molecule has 128 valence electrons. The molecule has 0 fully saturated rings. The normalized spacial score (nSPS) is 10.4. The second-order valence-corrected chi connectivity index (χ2v) is 5.94. The van der Waals surface area contributed by atoms with Gasteiger partial charge in [0.05, 0.1) is 10.8 Å². The van der Waals surface area contributed by atoms with Gasteiger partial charge in [0.15, 0.2) is 0 Å². The highest BCUT2D eigenvalue weighted by molar-refractivity contribution is 7.98. The van der Waals surface area contributed by atoms with Crippen molar-refractivity contribution in [1.29, 1.82) is 0 Å². The molecule has 0 radical (unpaired) electrons. The average molecular weight is 367 g/mol. The minimum absolute atomic E-state index is 0.164. The summed E-state index contributed by atoms with van der Waals surface area (Å²) in [4.78, 5) is 12.0. The minimum atomic E-state index is -0.460. The number of esters is 1. The topological polar surface area (TPSA) is 44.8 Å². The zero-order chi connectivity index (χ0) is 17.4. The van der Waals surface area contributed by atoms with Gasteiger partial charge in [-0.15, -0.1) is 23.4 Å². The van der Waals surface area contributed by atoms with Gasteiger partial charge < -0.3 is 14.2 Å². The molecule has 0 heterocycles. The summed E-state index contributed by atoms with van der Waals surface area (Å²) >= 11 is 7.29. The first kappa shape index (κ1) is 18.5. The van der Waals surface area contributed by atoms with Gasteiger partial charge in [0, 0.05) is 16.8 Å². The van der Waals surface area contributed by atoms with Crippen molar-refractivity contribution in [3.8, 4) is 11.5 Å². The van der Waals surface area contributed by atoms with Crippen LogP contribution in [0.3, 0.4) is 0 Å². The Labute approximate surface area is 150 Å². The summed E-state index contributed by atoms with van der Waals surface area (Å²) in [7, 11) is 0. The van der Waals surface area contributed by atoms with Crippen LogP contribution in [-0.2, 0) is 9.53 Å². The van der Waals surface area contributed by atoms with Crippen LogP contribution in [0.2, 0.25) is 0 Å². The van der Waals surface area contributed by atoms with Crippen LogP contribution in [0, 0.1) is 0 Å². The van der Waals surface area contributed by atoms with Gasteiger partial charge in [-0.3, -0.25) is 0 Å². The third kappa shape index (κ3) is 4.58. The Bertz CT molecular complexity index is 717. The van der Waals surface area contributed by atoms with E-state index >= 15 is 0 Å². The largest absolute Gasteiger partial charge is 0.492 e. The molecule has 2 rings (SSSR count). The highest BCUT2D eigenvalue weighted by atomic mass is 35.5. The second kappa shape index (κ2) is 9.45. The number of alkyl halides is 1. The maximum absolute atomic E-state index is 11.1. The van der Waals surface area contributed by atoms with Crippen LogP contribution in [0.1, 0.15) is 0 Å². The molecule has 4 nitrogen and oxygen atoms in total. The van der Waals surface area contributed by atoms with E-state index in [0.29, 0.717) is 12.5 Å². The predicted octanol–water partition coefficient (Wildman–Crippen LogP) is 4.29. The summed E-state index contributed by atoms with van der Waals surface area (Å²) in [6.45, 7) is 4.23. The second-order valence-electron chi connectivity index (χ2n) is 4.71. The molecule has 2 aromatic rings. The lowest BCUT2D eigenvalue weighted by Crippen LogP contribution is -2.11. The molecule has 0 N–H and O–H groups in total. The van der Waals surface area contributed by atoms with Crippen LogP contribution in [-0.4, -0.2) is 37.9 Å². The van der Waals surface area contributed by atoms with Crippen LogP contribution in [0.5, 0.6) is 11.5 Å². The summed E-state index contributed by atoms with van der Waals surface area (Å²) in [5, 5.41) is 1.91. The molecule has 0 aliphatic rings. The highest BCUT2D eigenvalue weighted by Gasteiger charge is 2.14. The molecule has 0 saturated heterocycles. The molecule has 0 aliphatic carbocycles. The fourth-order valence-corrected chi connectivity index (χ4v) is 2.86. The van der Waals surface area contributed by atoms with Crippen LogP contribution < -0.4 is 9.47 Å². The SMILES string of the molecule is C=CC(=O)OCCOc1c(SC)cc(OCCCl)c2ccccc12. The molecule has 0 bridgehead atoms. The number of carbonyl (C=O) groups excluding carboxylic acids is 1. The standard InChI is InChI=1S/C18H19ClO4S/c1-3-17(20)22-10-11-23-18-14-7-5-4-6-13(14)15(21-9-8-19)12-16(18)24-2/h3-7,12H,1,8-11H2,2H3. The maximum atomic E-state index is 11.1. The number of ether oxygens (including phenoxy) is 3. The van der Waals surface area contributed by atoms with Gasteiger partial charge in [-0.2, -0.15) is 0 Å². The average Bonchev–Trinajstić information content (AvgIpc) is 2.63. The molecule has 0 atom stereocenters. The van der Waals surface area contributed by atoms with E-state index in [4.69, 9.17) is 25.8 Å². The molecule has 0 aromatic heterocycles. The number of thioether (sulfide) groups is 1. The predicted molar refractivity (Wildman–Crippen MR) is 98.6 cm³/mol. The maximum Gasteiger partial charge on any atom is 0.330 e. The monoisotopic (exact) mass is 366 g/mol. The Hall–Kier alpha value is -1.85.